The monoisotopic (exact) mass is 312 g/mol. The van der Waals surface area contributed by atoms with Gasteiger partial charge in [-0.05, 0) is 0 Å². The summed E-state index contributed by atoms with van der Waals surface area (Å²) < 4.78 is 2.21. The van der Waals surface area contributed by atoms with E-state index in [1.54, 1.807) is 0 Å². The summed E-state index contributed by atoms with van der Waals surface area (Å²) >= 11 is 0.0783. The van der Waals surface area contributed by atoms with Crippen LogP contribution >= 0.6 is 0 Å². The standard InChI is InChI=1S/C12H22OTe/c1-4-5-8-14-11-9-10(13)6-7-12(11,2)3/h11H,4-9H2,1-3H3. The zero-order chi connectivity index (χ0) is 10.6. The average Bonchev–Trinajstić information content (AvgIpc) is 2.12. The van der Waals surface area contributed by atoms with Gasteiger partial charge in [0, 0.05) is 0 Å². The molecule has 14 heavy (non-hydrogen) atoms. The van der Waals surface area contributed by atoms with Gasteiger partial charge in [-0.2, -0.15) is 0 Å². The van der Waals surface area contributed by atoms with Crippen molar-refractivity contribution in [3.8, 4) is 0 Å². The molecular formula is C12H22OTe. The fourth-order valence-electron chi connectivity index (χ4n) is 1.86. The molecule has 0 aromatic heterocycles. The molecule has 0 N–H and O–H groups in total. The van der Waals surface area contributed by atoms with Gasteiger partial charge in [0.25, 0.3) is 0 Å². The molecule has 0 radical (unpaired) electrons. The maximum atomic E-state index is 11.4. The summed E-state index contributed by atoms with van der Waals surface area (Å²) in [6.07, 6.45) is 5.56. The van der Waals surface area contributed by atoms with Gasteiger partial charge in [0.15, 0.2) is 0 Å². The molecule has 0 aromatic rings. The predicted octanol–water partition coefficient (Wildman–Crippen LogP) is 3.48. The summed E-state index contributed by atoms with van der Waals surface area (Å²) in [7, 11) is 0. The van der Waals surface area contributed by atoms with Gasteiger partial charge in [-0.3, -0.25) is 0 Å². The molecule has 1 saturated carbocycles. The third kappa shape index (κ3) is 3.55. The number of ketones is 1. The molecule has 0 spiro atoms. The van der Waals surface area contributed by atoms with Gasteiger partial charge in [0.2, 0.25) is 0 Å². The number of carbonyl (C=O) groups excluding carboxylic acids is 1. The first kappa shape index (κ1) is 12.5. The second-order valence-electron chi connectivity index (χ2n) is 4.94. The number of Topliss-reactive ketones (excluding diaryl/α,β-unsaturated/α-hetero) is 1. The third-order valence-corrected chi connectivity index (χ3v) is 8.09. The van der Waals surface area contributed by atoms with Crippen molar-refractivity contribution in [3.05, 3.63) is 0 Å². The number of hydrogen-bond donors (Lipinski definition) is 0. The first-order valence-electron chi connectivity index (χ1n) is 5.69. The molecule has 0 aliphatic heterocycles. The first-order chi connectivity index (χ1) is 6.56. The third-order valence-electron chi connectivity index (χ3n) is 3.15. The van der Waals surface area contributed by atoms with Gasteiger partial charge in [-0.25, -0.2) is 0 Å². The Balaban J connectivity index is 2.41. The van der Waals surface area contributed by atoms with Crippen LogP contribution in [0.1, 0.15) is 52.9 Å². The van der Waals surface area contributed by atoms with Crippen LogP contribution in [0.25, 0.3) is 0 Å². The van der Waals surface area contributed by atoms with Gasteiger partial charge in [-0.1, -0.05) is 0 Å². The van der Waals surface area contributed by atoms with Crippen LogP contribution in [-0.4, -0.2) is 26.7 Å². The number of unbranched alkanes of at least 4 members (excludes halogenated alkanes) is 1. The second kappa shape index (κ2) is 5.52. The Morgan fingerprint density at radius 1 is 1.50 bits per heavy atom. The van der Waals surface area contributed by atoms with Crippen LogP contribution in [0.2, 0.25) is 8.43 Å². The van der Waals surface area contributed by atoms with E-state index in [-0.39, 0.29) is 20.9 Å². The molecule has 0 heterocycles. The Hall–Kier alpha value is 0.460. The predicted molar refractivity (Wildman–Crippen MR) is 61.9 cm³/mol. The van der Waals surface area contributed by atoms with E-state index in [1.165, 1.54) is 17.3 Å². The normalized spacial score (nSPS) is 26.5. The molecule has 1 nitrogen and oxygen atoms in total. The van der Waals surface area contributed by atoms with E-state index < -0.39 is 0 Å². The van der Waals surface area contributed by atoms with Crippen LogP contribution in [0.5, 0.6) is 0 Å². The van der Waals surface area contributed by atoms with Crippen LogP contribution in [0.15, 0.2) is 0 Å². The molecule has 0 saturated heterocycles. The van der Waals surface area contributed by atoms with E-state index in [4.69, 9.17) is 0 Å². The molecule has 1 fully saturated rings. The van der Waals surface area contributed by atoms with Crippen molar-refractivity contribution in [1.82, 2.24) is 0 Å². The van der Waals surface area contributed by atoms with Gasteiger partial charge in [-0.15, -0.1) is 0 Å². The molecule has 2 heteroatoms. The molecule has 82 valence electrons. The van der Waals surface area contributed by atoms with Gasteiger partial charge < -0.3 is 0 Å². The molecular weight excluding hydrogens is 288 g/mol. The Kier molecular flexibility index (Phi) is 4.94. The molecule has 0 aromatic carbocycles. The van der Waals surface area contributed by atoms with Gasteiger partial charge in [0.1, 0.15) is 0 Å². The topological polar surface area (TPSA) is 17.1 Å². The summed E-state index contributed by atoms with van der Waals surface area (Å²) in [5.41, 5.74) is 0.462. The zero-order valence-electron chi connectivity index (χ0n) is 9.64. The molecule has 1 aliphatic carbocycles. The van der Waals surface area contributed by atoms with Crippen LogP contribution in [-0.2, 0) is 4.79 Å². The number of carbonyl (C=O) groups is 1. The Labute approximate surface area is 98.1 Å². The van der Waals surface area contributed by atoms with Crippen LogP contribution in [0, 0.1) is 5.41 Å². The molecule has 0 amide bonds. The SMILES string of the molecule is CCCC[Te]C1CC(=O)CCC1(C)C. The fraction of sp³-hybridized carbons (Fsp3) is 0.917. The van der Waals surface area contributed by atoms with Crippen molar-refractivity contribution >= 4 is 26.7 Å². The zero-order valence-corrected chi connectivity index (χ0v) is 12.0. The van der Waals surface area contributed by atoms with Crippen molar-refractivity contribution in [2.45, 2.75) is 61.3 Å². The summed E-state index contributed by atoms with van der Waals surface area (Å²) in [6, 6.07) is 0. The Bertz CT molecular complexity index is 198. The van der Waals surface area contributed by atoms with Crippen molar-refractivity contribution in [2.75, 3.05) is 0 Å². The molecule has 1 rings (SSSR count). The van der Waals surface area contributed by atoms with E-state index in [2.05, 4.69) is 20.8 Å². The van der Waals surface area contributed by atoms with Gasteiger partial charge >= 0.3 is 98.2 Å². The maximum absolute atomic E-state index is 11.4. The molecule has 0 bridgehead atoms. The minimum atomic E-state index is 0.0783. The summed E-state index contributed by atoms with van der Waals surface area (Å²) in [5, 5.41) is 0. The first-order valence-corrected chi connectivity index (χ1v) is 8.69. The number of hydrogen-bond acceptors (Lipinski definition) is 1. The Morgan fingerprint density at radius 3 is 2.86 bits per heavy atom. The average molecular weight is 310 g/mol. The van der Waals surface area contributed by atoms with Crippen LogP contribution in [0.4, 0.5) is 0 Å². The molecule has 1 atom stereocenters. The summed E-state index contributed by atoms with van der Waals surface area (Å²) in [5.74, 6) is 0.524. The van der Waals surface area contributed by atoms with Crippen molar-refractivity contribution < 1.29 is 4.79 Å². The summed E-state index contributed by atoms with van der Waals surface area (Å²) in [4.78, 5) is 11.4. The molecule has 1 unspecified atom stereocenters. The van der Waals surface area contributed by atoms with E-state index >= 15 is 0 Å². The van der Waals surface area contributed by atoms with Crippen molar-refractivity contribution in [3.63, 3.8) is 0 Å². The summed E-state index contributed by atoms with van der Waals surface area (Å²) in [6.45, 7) is 6.98. The van der Waals surface area contributed by atoms with Crippen molar-refractivity contribution in [1.29, 1.82) is 0 Å². The van der Waals surface area contributed by atoms with Crippen LogP contribution < -0.4 is 0 Å². The quantitative estimate of drug-likeness (QED) is 0.574. The van der Waals surface area contributed by atoms with E-state index in [1.807, 2.05) is 0 Å². The second-order valence-corrected chi connectivity index (χ2v) is 8.69. The van der Waals surface area contributed by atoms with Crippen molar-refractivity contribution in [2.24, 2.45) is 5.41 Å². The van der Waals surface area contributed by atoms with E-state index in [0.717, 1.165) is 23.2 Å². The number of rotatable bonds is 4. The van der Waals surface area contributed by atoms with E-state index in [9.17, 15) is 4.79 Å². The van der Waals surface area contributed by atoms with E-state index in [0.29, 0.717) is 11.2 Å². The van der Waals surface area contributed by atoms with Gasteiger partial charge in [0.05, 0.1) is 0 Å². The Morgan fingerprint density at radius 2 is 2.21 bits per heavy atom. The minimum absolute atomic E-state index is 0.0783. The fourth-order valence-corrected chi connectivity index (χ4v) is 6.46. The molecule has 1 aliphatic rings. The van der Waals surface area contributed by atoms with Crippen LogP contribution in [0.3, 0.4) is 0 Å².